The normalized spacial score (nSPS) is 13.1. The van der Waals surface area contributed by atoms with E-state index in [1.54, 1.807) is 23.6 Å². The van der Waals surface area contributed by atoms with Gasteiger partial charge in [0.1, 0.15) is 17.7 Å². The number of nitriles is 1. The maximum atomic E-state index is 9.64. The zero-order chi connectivity index (χ0) is 22.5. The van der Waals surface area contributed by atoms with Gasteiger partial charge in [-0.2, -0.15) is 5.26 Å². The number of thiophene rings is 1. The highest BCUT2D eigenvalue weighted by Crippen LogP contribution is 2.40. The molecule has 32 heavy (non-hydrogen) atoms. The number of hydrogen-bond donors (Lipinski definition) is 0. The van der Waals surface area contributed by atoms with Gasteiger partial charge >= 0.3 is 0 Å². The standard InChI is InChI=1S/C25H22Cl2N2O2S/c1-2-30-22-12-17(11-21(27)24(22)31-15-16-7-9-18(26)10-8-16)14-29-25-20(13-28)19-5-3-4-6-23(19)32-25/h7-12,14H,2-6,15H2,1H3. The van der Waals surface area contributed by atoms with Crippen molar-refractivity contribution < 1.29 is 9.47 Å². The van der Waals surface area contributed by atoms with Crippen molar-refractivity contribution in [3.8, 4) is 17.6 Å². The Bertz CT molecular complexity index is 1180. The molecule has 0 spiro atoms. The van der Waals surface area contributed by atoms with Gasteiger partial charge in [-0.3, -0.25) is 0 Å². The Labute approximate surface area is 202 Å². The first-order chi connectivity index (χ1) is 15.6. The Balaban J connectivity index is 1.58. The second-order valence-electron chi connectivity index (χ2n) is 7.44. The SMILES string of the molecule is CCOc1cc(C=Nc2sc3c(c2C#N)CCCC3)cc(Cl)c1OCc1ccc(Cl)cc1. The molecule has 0 unspecified atom stereocenters. The van der Waals surface area contributed by atoms with Crippen molar-refractivity contribution in [2.24, 2.45) is 4.99 Å². The van der Waals surface area contributed by atoms with Crippen LogP contribution in [-0.4, -0.2) is 12.8 Å². The number of benzene rings is 2. The lowest BCUT2D eigenvalue weighted by atomic mass is 9.96. The monoisotopic (exact) mass is 484 g/mol. The van der Waals surface area contributed by atoms with E-state index in [1.807, 2.05) is 37.3 Å². The van der Waals surface area contributed by atoms with Gasteiger partial charge in [0.05, 0.1) is 17.2 Å². The summed E-state index contributed by atoms with van der Waals surface area (Å²) in [4.78, 5) is 5.92. The first kappa shape index (κ1) is 22.7. The van der Waals surface area contributed by atoms with Crippen LogP contribution >= 0.6 is 34.5 Å². The predicted octanol–water partition coefficient (Wildman–Crippen LogP) is 7.53. The Morgan fingerprint density at radius 2 is 1.91 bits per heavy atom. The molecular weight excluding hydrogens is 463 g/mol. The summed E-state index contributed by atoms with van der Waals surface area (Å²) < 4.78 is 11.8. The third-order valence-electron chi connectivity index (χ3n) is 5.22. The lowest BCUT2D eigenvalue weighted by Crippen LogP contribution is -2.01. The van der Waals surface area contributed by atoms with Crippen molar-refractivity contribution in [1.29, 1.82) is 5.26 Å². The average molecular weight is 485 g/mol. The van der Waals surface area contributed by atoms with E-state index in [-0.39, 0.29) is 0 Å². The minimum Gasteiger partial charge on any atom is -0.490 e. The highest BCUT2D eigenvalue weighted by Gasteiger charge is 2.20. The molecule has 7 heteroatoms. The molecular formula is C25H22Cl2N2O2S. The summed E-state index contributed by atoms with van der Waals surface area (Å²) in [7, 11) is 0. The molecule has 0 aliphatic heterocycles. The van der Waals surface area contributed by atoms with Crippen LogP contribution in [0.4, 0.5) is 5.00 Å². The molecule has 1 aromatic heterocycles. The largest absolute Gasteiger partial charge is 0.490 e. The van der Waals surface area contributed by atoms with E-state index < -0.39 is 0 Å². The van der Waals surface area contributed by atoms with Gasteiger partial charge < -0.3 is 9.47 Å². The second-order valence-corrected chi connectivity index (χ2v) is 9.37. The van der Waals surface area contributed by atoms with Crippen molar-refractivity contribution in [1.82, 2.24) is 0 Å². The molecule has 164 valence electrons. The molecule has 0 saturated carbocycles. The maximum absolute atomic E-state index is 9.64. The number of hydrogen-bond acceptors (Lipinski definition) is 5. The first-order valence-corrected chi connectivity index (χ1v) is 12.1. The Kier molecular flexibility index (Phi) is 7.36. The molecule has 0 amide bonds. The van der Waals surface area contributed by atoms with Crippen LogP contribution in [0.5, 0.6) is 11.5 Å². The number of rotatable bonds is 7. The van der Waals surface area contributed by atoms with E-state index in [9.17, 15) is 5.26 Å². The predicted molar refractivity (Wildman–Crippen MR) is 131 cm³/mol. The van der Waals surface area contributed by atoms with Gasteiger partial charge in [0.2, 0.25) is 0 Å². The van der Waals surface area contributed by atoms with Crippen LogP contribution in [0.3, 0.4) is 0 Å². The molecule has 0 atom stereocenters. The summed E-state index contributed by atoms with van der Waals surface area (Å²) in [6.45, 7) is 2.73. The first-order valence-electron chi connectivity index (χ1n) is 10.5. The smallest absolute Gasteiger partial charge is 0.180 e. The Morgan fingerprint density at radius 3 is 2.66 bits per heavy atom. The highest BCUT2D eigenvalue weighted by atomic mass is 35.5. The minimum atomic E-state index is 0.344. The molecule has 0 fully saturated rings. The van der Waals surface area contributed by atoms with Gasteiger partial charge in [0.25, 0.3) is 0 Å². The van der Waals surface area contributed by atoms with Crippen LogP contribution < -0.4 is 9.47 Å². The van der Waals surface area contributed by atoms with Gasteiger partial charge in [0.15, 0.2) is 11.5 Å². The van der Waals surface area contributed by atoms with Gasteiger partial charge in [-0.05, 0) is 73.6 Å². The molecule has 4 rings (SSSR count). The lowest BCUT2D eigenvalue weighted by Gasteiger charge is -2.14. The van der Waals surface area contributed by atoms with Crippen LogP contribution in [0.15, 0.2) is 41.4 Å². The number of aliphatic imine (C=N–C) groups is 1. The van der Waals surface area contributed by atoms with E-state index in [0.29, 0.717) is 40.3 Å². The summed E-state index contributed by atoms with van der Waals surface area (Å²) in [6.07, 6.45) is 6.03. The van der Waals surface area contributed by atoms with Crippen molar-refractivity contribution in [3.05, 3.63) is 73.6 Å². The number of fused-ring (bicyclic) bond motifs is 1. The Hall–Kier alpha value is -2.52. The fourth-order valence-corrected chi connectivity index (χ4v) is 5.28. The fraction of sp³-hybridized carbons (Fsp3) is 0.280. The van der Waals surface area contributed by atoms with Gasteiger partial charge in [0, 0.05) is 16.1 Å². The number of ether oxygens (including phenoxy) is 2. The average Bonchev–Trinajstić information content (AvgIpc) is 3.16. The molecule has 1 aliphatic rings. The van der Waals surface area contributed by atoms with Crippen LogP contribution in [0.1, 0.15) is 46.9 Å². The van der Waals surface area contributed by atoms with E-state index in [1.165, 1.54) is 16.9 Å². The molecule has 0 radical (unpaired) electrons. The van der Waals surface area contributed by atoms with Crippen LogP contribution in [-0.2, 0) is 19.4 Å². The topological polar surface area (TPSA) is 54.6 Å². The molecule has 4 nitrogen and oxygen atoms in total. The van der Waals surface area contributed by atoms with E-state index in [4.69, 9.17) is 32.7 Å². The summed E-state index contributed by atoms with van der Waals surface area (Å²) in [5, 5.41) is 11.5. The highest BCUT2D eigenvalue weighted by molar-refractivity contribution is 7.16. The Morgan fingerprint density at radius 1 is 1.12 bits per heavy atom. The fourth-order valence-electron chi connectivity index (χ4n) is 3.69. The zero-order valence-corrected chi connectivity index (χ0v) is 20.0. The van der Waals surface area contributed by atoms with Crippen LogP contribution in [0.25, 0.3) is 0 Å². The summed E-state index contributed by atoms with van der Waals surface area (Å²) >= 11 is 14.1. The van der Waals surface area contributed by atoms with Crippen LogP contribution in [0.2, 0.25) is 10.0 Å². The van der Waals surface area contributed by atoms with Gasteiger partial charge in [-0.1, -0.05) is 35.3 Å². The minimum absolute atomic E-state index is 0.344. The van der Waals surface area contributed by atoms with Crippen molar-refractivity contribution in [2.45, 2.75) is 39.2 Å². The molecule has 1 heterocycles. The third kappa shape index (κ3) is 5.10. The van der Waals surface area contributed by atoms with Gasteiger partial charge in [-0.25, -0.2) is 4.99 Å². The molecule has 1 aliphatic carbocycles. The van der Waals surface area contributed by atoms with Crippen molar-refractivity contribution in [3.63, 3.8) is 0 Å². The van der Waals surface area contributed by atoms with Crippen LogP contribution in [0, 0.1) is 11.3 Å². The second kappa shape index (κ2) is 10.4. The number of nitrogens with zero attached hydrogens (tertiary/aromatic N) is 2. The number of aryl methyl sites for hydroxylation is 1. The third-order valence-corrected chi connectivity index (χ3v) is 6.96. The molecule has 0 saturated heterocycles. The summed E-state index contributed by atoms with van der Waals surface area (Å²) in [5.74, 6) is 1.05. The van der Waals surface area contributed by atoms with Gasteiger partial charge in [-0.15, -0.1) is 11.3 Å². The van der Waals surface area contributed by atoms with Crippen molar-refractivity contribution >= 4 is 45.8 Å². The molecule has 2 aromatic carbocycles. The number of halogens is 2. The maximum Gasteiger partial charge on any atom is 0.180 e. The molecule has 0 N–H and O–H groups in total. The summed E-state index contributed by atoms with van der Waals surface area (Å²) in [6, 6.07) is 13.5. The lowest BCUT2D eigenvalue weighted by molar-refractivity contribution is 0.269. The molecule has 3 aromatic rings. The molecule has 0 bridgehead atoms. The zero-order valence-electron chi connectivity index (χ0n) is 17.7. The summed E-state index contributed by atoms with van der Waals surface area (Å²) in [5.41, 5.74) is 3.65. The quantitative estimate of drug-likeness (QED) is 0.325. The van der Waals surface area contributed by atoms with Crippen molar-refractivity contribution in [2.75, 3.05) is 6.61 Å². The van der Waals surface area contributed by atoms with E-state index in [2.05, 4.69) is 11.1 Å². The van der Waals surface area contributed by atoms with E-state index in [0.717, 1.165) is 35.4 Å². The van der Waals surface area contributed by atoms with E-state index >= 15 is 0 Å².